The van der Waals surface area contributed by atoms with Gasteiger partial charge in [0.05, 0.1) is 17.5 Å². The lowest BCUT2D eigenvalue weighted by Crippen LogP contribution is -2.18. The van der Waals surface area contributed by atoms with Crippen molar-refractivity contribution in [2.24, 2.45) is 0 Å². The Kier molecular flexibility index (Phi) is 4.24. The second kappa shape index (κ2) is 6.10. The third-order valence-electron chi connectivity index (χ3n) is 2.95. The molecule has 106 valence electrons. The molecule has 4 N–H and O–H groups in total. The Labute approximate surface area is 116 Å². The van der Waals surface area contributed by atoms with Gasteiger partial charge in [-0.3, -0.25) is 0 Å². The average Bonchev–Trinajstić information content (AvgIpc) is 2.91. The number of carboxylic acids is 1. The van der Waals surface area contributed by atoms with E-state index in [1.54, 1.807) is 6.26 Å². The second-order valence-electron chi connectivity index (χ2n) is 4.63. The van der Waals surface area contributed by atoms with E-state index in [0.717, 1.165) is 18.6 Å². The van der Waals surface area contributed by atoms with Crippen LogP contribution in [0.1, 0.15) is 29.5 Å². The van der Waals surface area contributed by atoms with Gasteiger partial charge >= 0.3 is 5.97 Å². The number of hydrogen-bond donors (Lipinski definition) is 3. The van der Waals surface area contributed by atoms with Crippen LogP contribution in [0.4, 0.5) is 11.5 Å². The van der Waals surface area contributed by atoms with E-state index in [1.807, 2.05) is 19.1 Å². The quantitative estimate of drug-likeness (QED) is 0.748. The first-order valence-corrected chi connectivity index (χ1v) is 6.34. The van der Waals surface area contributed by atoms with Crippen LogP contribution in [0.3, 0.4) is 0 Å². The summed E-state index contributed by atoms with van der Waals surface area (Å²) in [6, 6.07) is 5.33. The fourth-order valence-corrected chi connectivity index (χ4v) is 1.84. The molecular formula is C14H17N3O3. The Balaban J connectivity index is 1.93. The van der Waals surface area contributed by atoms with Crippen LogP contribution in [-0.4, -0.2) is 22.1 Å². The van der Waals surface area contributed by atoms with Crippen molar-refractivity contribution in [3.8, 4) is 0 Å². The van der Waals surface area contributed by atoms with Crippen LogP contribution in [-0.2, 0) is 6.42 Å². The van der Waals surface area contributed by atoms with Crippen molar-refractivity contribution >= 4 is 17.5 Å². The Morgan fingerprint density at radius 2 is 2.40 bits per heavy atom. The number of hydrogen-bond acceptors (Lipinski definition) is 5. The number of aromatic carboxylic acids is 1. The number of aryl methyl sites for hydroxylation is 1. The molecule has 6 nitrogen and oxygen atoms in total. The standard InChI is InChI=1S/C14H17N3O3/c1-9(4-5-11-3-2-6-20-11)17-13-12(15)7-10(8-16-13)14(18)19/h2-3,6-9H,4-5,15H2,1H3,(H,16,17)(H,18,19). The Bertz CT molecular complexity index is 581. The molecule has 0 amide bonds. The van der Waals surface area contributed by atoms with Crippen LogP contribution in [0.2, 0.25) is 0 Å². The number of carbonyl (C=O) groups is 1. The van der Waals surface area contributed by atoms with Crippen LogP contribution < -0.4 is 11.1 Å². The maximum atomic E-state index is 10.8. The highest BCUT2D eigenvalue weighted by Gasteiger charge is 2.10. The van der Waals surface area contributed by atoms with E-state index >= 15 is 0 Å². The van der Waals surface area contributed by atoms with Gasteiger partial charge in [-0.2, -0.15) is 0 Å². The van der Waals surface area contributed by atoms with E-state index < -0.39 is 5.97 Å². The first-order chi connectivity index (χ1) is 9.56. The molecule has 0 fully saturated rings. The van der Waals surface area contributed by atoms with Crippen LogP contribution in [0, 0.1) is 0 Å². The topological polar surface area (TPSA) is 101 Å². The van der Waals surface area contributed by atoms with Gasteiger partial charge in [0, 0.05) is 18.7 Å². The lowest BCUT2D eigenvalue weighted by Gasteiger charge is -2.15. The van der Waals surface area contributed by atoms with Gasteiger partial charge in [-0.25, -0.2) is 9.78 Å². The number of furan rings is 1. The lowest BCUT2D eigenvalue weighted by atomic mass is 10.1. The van der Waals surface area contributed by atoms with Gasteiger partial charge in [0.15, 0.2) is 0 Å². The minimum atomic E-state index is -1.04. The summed E-state index contributed by atoms with van der Waals surface area (Å²) in [6.45, 7) is 2.01. The predicted octanol–water partition coefficient (Wildman–Crippen LogP) is 2.39. The summed E-state index contributed by atoms with van der Waals surface area (Å²) >= 11 is 0. The zero-order valence-corrected chi connectivity index (χ0v) is 11.2. The zero-order chi connectivity index (χ0) is 14.5. The highest BCUT2D eigenvalue weighted by atomic mass is 16.4. The number of nitrogen functional groups attached to an aromatic ring is 1. The van der Waals surface area contributed by atoms with Gasteiger partial charge in [-0.05, 0) is 31.5 Å². The molecule has 0 bridgehead atoms. The van der Waals surface area contributed by atoms with E-state index in [1.165, 1.54) is 12.3 Å². The first-order valence-electron chi connectivity index (χ1n) is 6.34. The minimum Gasteiger partial charge on any atom is -0.478 e. The molecule has 2 aromatic heterocycles. The summed E-state index contributed by atoms with van der Waals surface area (Å²) in [4.78, 5) is 14.8. The largest absolute Gasteiger partial charge is 0.478 e. The highest BCUT2D eigenvalue weighted by molar-refractivity contribution is 5.89. The third kappa shape index (κ3) is 3.50. The summed E-state index contributed by atoms with van der Waals surface area (Å²) in [5.41, 5.74) is 6.20. The molecule has 1 unspecified atom stereocenters. The maximum Gasteiger partial charge on any atom is 0.337 e. The molecule has 6 heteroatoms. The minimum absolute atomic E-state index is 0.0799. The van der Waals surface area contributed by atoms with Gasteiger partial charge in [0.1, 0.15) is 11.6 Å². The molecule has 1 atom stereocenters. The second-order valence-corrected chi connectivity index (χ2v) is 4.63. The summed E-state index contributed by atoms with van der Waals surface area (Å²) in [5, 5.41) is 12.0. The summed E-state index contributed by atoms with van der Waals surface area (Å²) in [5.74, 6) is 0.393. The molecule has 0 aliphatic heterocycles. The molecule has 0 saturated heterocycles. The molecule has 20 heavy (non-hydrogen) atoms. The maximum absolute atomic E-state index is 10.8. The van der Waals surface area contributed by atoms with E-state index in [4.69, 9.17) is 15.3 Å². The van der Waals surface area contributed by atoms with Crippen molar-refractivity contribution in [3.63, 3.8) is 0 Å². The Hall–Kier alpha value is -2.50. The van der Waals surface area contributed by atoms with Crippen molar-refractivity contribution in [2.75, 3.05) is 11.1 Å². The predicted molar refractivity (Wildman–Crippen MR) is 75.7 cm³/mol. The Morgan fingerprint density at radius 1 is 1.60 bits per heavy atom. The summed E-state index contributed by atoms with van der Waals surface area (Å²) < 4.78 is 5.27. The number of nitrogens with two attached hydrogens (primary N) is 1. The summed E-state index contributed by atoms with van der Waals surface area (Å²) in [7, 11) is 0. The smallest absolute Gasteiger partial charge is 0.337 e. The van der Waals surface area contributed by atoms with E-state index in [-0.39, 0.29) is 11.6 Å². The van der Waals surface area contributed by atoms with Crippen LogP contribution in [0.5, 0.6) is 0 Å². The third-order valence-corrected chi connectivity index (χ3v) is 2.95. The molecule has 0 radical (unpaired) electrons. The van der Waals surface area contributed by atoms with Crippen molar-refractivity contribution in [1.29, 1.82) is 0 Å². The van der Waals surface area contributed by atoms with Crippen LogP contribution in [0.25, 0.3) is 0 Å². The number of rotatable bonds is 6. The number of pyridine rings is 1. The van der Waals surface area contributed by atoms with Crippen molar-refractivity contribution in [3.05, 3.63) is 42.0 Å². The van der Waals surface area contributed by atoms with E-state index in [9.17, 15) is 4.79 Å². The van der Waals surface area contributed by atoms with Gasteiger partial charge in [0.2, 0.25) is 0 Å². The molecule has 2 rings (SSSR count). The fourth-order valence-electron chi connectivity index (χ4n) is 1.84. The number of anilines is 2. The molecular weight excluding hydrogens is 258 g/mol. The summed E-state index contributed by atoms with van der Waals surface area (Å²) in [6.07, 6.45) is 4.61. The van der Waals surface area contributed by atoms with Crippen LogP contribution >= 0.6 is 0 Å². The number of nitrogens with zero attached hydrogens (tertiary/aromatic N) is 1. The molecule has 0 aliphatic carbocycles. The van der Waals surface area contributed by atoms with Gasteiger partial charge < -0.3 is 20.6 Å². The molecule has 0 aliphatic rings. The SMILES string of the molecule is CC(CCc1ccco1)Nc1ncc(C(=O)O)cc1N. The average molecular weight is 275 g/mol. The molecule has 0 aromatic carbocycles. The van der Waals surface area contributed by atoms with Gasteiger partial charge in [-0.1, -0.05) is 0 Å². The monoisotopic (exact) mass is 275 g/mol. The van der Waals surface area contributed by atoms with E-state index in [2.05, 4.69) is 10.3 Å². The van der Waals surface area contributed by atoms with E-state index in [0.29, 0.717) is 11.5 Å². The number of aromatic nitrogens is 1. The van der Waals surface area contributed by atoms with Gasteiger partial charge in [-0.15, -0.1) is 0 Å². The Morgan fingerprint density at radius 3 is 3.00 bits per heavy atom. The lowest BCUT2D eigenvalue weighted by molar-refractivity contribution is 0.0696. The van der Waals surface area contributed by atoms with Gasteiger partial charge in [0.25, 0.3) is 0 Å². The van der Waals surface area contributed by atoms with Crippen molar-refractivity contribution in [1.82, 2.24) is 4.98 Å². The molecule has 2 aromatic rings. The van der Waals surface area contributed by atoms with Crippen molar-refractivity contribution < 1.29 is 14.3 Å². The first kappa shape index (κ1) is 13.9. The molecule has 2 heterocycles. The number of carboxylic acid groups (broad SMARTS) is 1. The van der Waals surface area contributed by atoms with Crippen LogP contribution in [0.15, 0.2) is 35.1 Å². The fraction of sp³-hybridized carbons (Fsp3) is 0.286. The normalized spacial score (nSPS) is 12.1. The number of nitrogens with one attached hydrogen (secondary N) is 1. The molecule has 0 spiro atoms. The molecule has 0 saturated carbocycles. The van der Waals surface area contributed by atoms with Crippen molar-refractivity contribution in [2.45, 2.75) is 25.8 Å². The zero-order valence-electron chi connectivity index (χ0n) is 11.2. The highest BCUT2D eigenvalue weighted by Crippen LogP contribution is 2.18.